The fraction of sp³-hybridized carbons (Fsp3) is 0.667. The Morgan fingerprint density at radius 1 is 1.23 bits per heavy atom. The second kappa shape index (κ2) is 11.0. The van der Waals surface area contributed by atoms with Crippen LogP contribution in [-0.4, -0.2) is 72.5 Å². The average molecular weight is 428 g/mol. The van der Waals surface area contributed by atoms with E-state index < -0.39 is 0 Å². The molecule has 1 atom stereocenters. The van der Waals surface area contributed by atoms with Gasteiger partial charge in [-0.05, 0) is 57.6 Å². The molecule has 2 aliphatic rings. The summed E-state index contributed by atoms with van der Waals surface area (Å²) in [6, 6.07) is 8.35. The lowest BCUT2D eigenvalue weighted by molar-refractivity contribution is -0.0721. The molecule has 3 heterocycles. The number of nitrogens with one attached hydrogen (secondary N) is 1. The number of aromatic nitrogens is 2. The molecule has 0 amide bonds. The molecule has 1 unspecified atom stereocenters. The zero-order valence-corrected chi connectivity index (χ0v) is 19.1. The number of ether oxygens (including phenoxy) is 2. The van der Waals surface area contributed by atoms with Crippen LogP contribution in [0.4, 0.5) is 0 Å². The lowest BCUT2D eigenvalue weighted by Crippen LogP contribution is -2.47. The van der Waals surface area contributed by atoms with E-state index in [1.807, 2.05) is 13.1 Å². The second-order valence-corrected chi connectivity index (χ2v) is 8.64. The molecule has 2 saturated heterocycles. The molecule has 1 aromatic heterocycles. The summed E-state index contributed by atoms with van der Waals surface area (Å²) in [5, 5.41) is 3.55. The summed E-state index contributed by atoms with van der Waals surface area (Å²) >= 11 is 0. The maximum Gasteiger partial charge on any atom is 0.193 e. The van der Waals surface area contributed by atoms with Crippen LogP contribution in [-0.2, 0) is 16.0 Å². The molecule has 0 radical (unpaired) electrons. The third-order valence-corrected chi connectivity index (χ3v) is 6.43. The number of guanidine groups is 1. The van der Waals surface area contributed by atoms with Gasteiger partial charge in [-0.2, -0.15) is 0 Å². The number of imidazole rings is 1. The van der Waals surface area contributed by atoms with Crippen molar-refractivity contribution in [1.82, 2.24) is 19.8 Å². The van der Waals surface area contributed by atoms with E-state index in [-0.39, 0.29) is 0 Å². The Kier molecular flexibility index (Phi) is 7.81. The van der Waals surface area contributed by atoms with Crippen LogP contribution in [0.1, 0.15) is 44.3 Å². The Bertz CT molecular complexity index is 851. The highest BCUT2D eigenvalue weighted by Crippen LogP contribution is 2.18. The zero-order chi connectivity index (χ0) is 21.5. The van der Waals surface area contributed by atoms with E-state index in [1.165, 1.54) is 18.4 Å². The summed E-state index contributed by atoms with van der Waals surface area (Å²) in [6.07, 6.45) is 7.38. The lowest BCUT2D eigenvalue weighted by Gasteiger charge is -2.35. The maximum absolute atomic E-state index is 6.15. The highest BCUT2D eigenvalue weighted by Gasteiger charge is 2.23. The monoisotopic (exact) mass is 427 g/mol. The fourth-order valence-electron chi connectivity index (χ4n) is 4.66. The maximum atomic E-state index is 6.15. The van der Waals surface area contributed by atoms with Crippen LogP contribution in [0.15, 0.2) is 29.3 Å². The number of para-hydroxylation sites is 2. The molecule has 4 rings (SSSR count). The molecule has 170 valence electrons. The van der Waals surface area contributed by atoms with Crippen LogP contribution in [0.5, 0.6) is 0 Å². The van der Waals surface area contributed by atoms with E-state index in [1.54, 1.807) is 0 Å². The van der Waals surface area contributed by atoms with Gasteiger partial charge in [0.1, 0.15) is 5.82 Å². The molecule has 1 N–H and O–H groups in total. The molecule has 7 heteroatoms. The third kappa shape index (κ3) is 5.77. The Morgan fingerprint density at radius 3 is 2.84 bits per heavy atom. The van der Waals surface area contributed by atoms with E-state index in [0.29, 0.717) is 12.2 Å². The van der Waals surface area contributed by atoms with Gasteiger partial charge in [0.25, 0.3) is 0 Å². The standard InChI is InChI=1S/C24H37N5O2/c1-19-27-22-9-3-4-10-23(22)29(19)14-7-13-26-24(25-2)28-15-11-20(12-16-28)31-18-21-8-5-6-17-30-21/h3-4,9-10,20-21H,5-8,11-18H2,1-2H3,(H,25,26). The van der Waals surface area contributed by atoms with Gasteiger partial charge in [-0.3, -0.25) is 4.99 Å². The smallest absolute Gasteiger partial charge is 0.193 e. The molecular formula is C24H37N5O2. The summed E-state index contributed by atoms with van der Waals surface area (Å²) in [5.74, 6) is 2.08. The number of hydrogen-bond donors (Lipinski definition) is 1. The summed E-state index contributed by atoms with van der Waals surface area (Å²) in [4.78, 5) is 11.5. The van der Waals surface area contributed by atoms with Crippen LogP contribution >= 0.6 is 0 Å². The molecule has 2 aromatic rings. The Hall–Kier alpha value is -2.12. The number of hydrogen-bond acceptors (Lipinski definition) is 4. The van der Waals surface area contributed by atoms with Gasteiger partial charge in [0, 0.05) is 39.8 Å². The van der Waals surface area contributed by atoms with Crippen molar-refractivity contribution < 1.29 is 9.47 Å². The highest BCUT2D eigenvalue weighted by molar-refractivity contribution is 5.80. The summed E-state index contributed by atoms with van der Waals surface area (Å²) in [6.45, 7) is 7.55. The molecule has 0 aliphatic carbocycles. The van der Waals surface area contributed by atoms with Crippen molar-refractivity contribution in [2.75, 3.05) is 39.9 Å². The average Bonchev–Trinajstić information content (AvgIpc) is 3.14. The first-order valence-electron chi connectivity index (χ1n) is 11.9. The molecule has 2 aliphatic heterocycles. The van der Waals surface area contributed by atoms with Gasteiger partial charge in [0.15, 0.2) is 5.96 Å². The lowest BCUT2D eigenvalue weighted by atomic mass is 10.1. The topological polar surface area (TPSA) is 63.9 Å². The van der Waals surface area contributed by atoms with Crippen molar-refractivity contribution in [3.63, 3.8) is 0 Å². The first kappa shape index (κ1) is 22.1. The summed E-state index contributed by atoms with van der Waals surface area (Å²) < 4.78 is 14.2. The van der Waals surface area contributed by atoms with E-state index in [0.717, 1.165) is 82.4 Å². The van der Waals surface area contributed by atoms with E-state index in [4.69, 9.17) is 9.47 Å². The van der Waals surface area contributed by atoms with Gasteiger partial charge >= 0.3 is 0 Å². The number of benzene rings is 1. The van der Waals surface area contributed by atoms with E-state index in [2.05, 4.69) is 49.9 Å². The number of nitrogens with zero attached hydrogens (tertiary/aromatic N) is 4. The van der Waals surface area contributed by atoms with Gasteiger partial charge in [0.05, 0.1) is 29.8 Å². The van der Waals surface area contributed by atoms with Crippen LogP contribution in [0, 0.1) is 6.92 Å². The predicted octanol–water partition coefficient (Wildman–Crippen LogP) is 3.36. The van der Waals surface area contributed by atoms with Crippen molar-refractivity contribution >= 4 is 17.0 Å². The van der Waals surface area contributed by atoms with Gasteiger partial charge in [-0.1, -0.05) is 12.1 Å². The van der Waals surface area contributed by atoms with Crippen molar-refractivity contribution in [1.29, 1.82) is 0 Å². The number of rotatable bonds is 7. The van der Waals surface area contributed by atoms with Gasteiger partial charge in [0.2, 0.25) is 0 Å². The number of aryl methyl sites for hydroxylation is 2. The van der Waals surface area contributed by atoms with E-state index >= 15 is 0 Å². The Balaban J connectivity index is 1.17. The quantitative estimate of drug-likeness (QED) is 0.417. The molecule has 2 fully saturated rings. The Labute approximate surface area is 185 Å². The number of likely N-dealkylation sites (tertiary alicyclic amines) is 1. The minimum Gasteiger partial charge on any atom is -0.376 e. The van der Waals surface area contributed by atoms with Gasteiger partial charge < -0.3 is 24.3 Å². The number of aliphatic imine (C=N–C) groups is 1. The van der Waals surface area contributed by atoms with E-state index in [9.17, 15) is 0 Å². The van der Waals surface area contributed by atoms with Gasteiger partial charge in [-0.15, -0.1) is 0 Å². The molecule has 7 nitrogen and oxygen atoms in total. The highest BCUT2D eigenvalue weighted by atomic mass is 16.5. The summed E-state index contributed by atoms with van der Waals surface area (Å²) in [5.41, 5.74) is 2.29. The molecule has 0 spiro atoms. The van der Waals surface area contributed by atoms with Crippen molar-refractivity contribution in [3.8, 4) is 0 Å². The summed E-state index contributed by atoms with van der Waals surface area (Å²) in [7, 11) is 1.87. The minimum absolute atomic E-state index is 0.303. The van der Waals surface area contributed by atoms with Crippen molar-refractivity contribution in [3.05, 3.63) is 30.1 Å². The number of fused-ring (bicyclic) bond motifs is 1. The van der Waals surface area contributed by atoms with Crippen LogP contribution in [0.2, 0.25) is 0 Å². The molecule has 0 saturated carbocycles. The normalized spacial score (nSPS) is 21.0. The third-order valence-electron chi connectivity index (χ3n) is 6.43. The number of piperidine rings is 1. The molecular weight excluding hydrogens is 390 g/mol. The molecule has 31 heavy (non-hydrogen) atoms. The predicted molar refractivity (Wildman–Crippen MR) is 125 cm³/mol. The second-order valence-electron chi connectivity index (χ2n) is 8.64. The largest absolute Gasteiger partial charge is 0.376 e. The fourth-order valence-corrected chi connectivity index (χ4v) is 4.66. The van der Waals surface area contributed by atoms with Crippen LogP contribution in [0.25, 0.3) is 11.0 Å². The van der Waals surface area contributed by atoms with Gasteiger partial charge in [-0.25, -0.2) is 4.98 Å². The van der Waals surface area contributed by atoms with Crippen molar-refractivity contribution in [2.24, 2.45) is 4.99 Å². The first-order chi connectivity index (χ1) is 15.2. The SMILES string of the molecule is CN=C(NCCCn1c(C)nc2ccccc21)N1CCC(OCC2CCCCO2)CC1. The first-order valence-corrected chi connectivity index (χ1v) is 11.9. The van der Waals surface area contributed by atoms with Crippen molar-refractivity contribution in [2.45, 2.75) is 64.2 Å². The minimum atomic E-state index is 0.303. The zero-order valence-electron chi connectivity index (χ0n) is 19.1. The molecule has 1 aromatic carbocycles. The molecule has 0 bridgehead atoms. The Morgan fingerprint density at radius 2 is 2.06 bits per heavy atom. The van der Waals surface area contributed by atoms with Crippen LogP contribution < -0.4 is 5.32 Å². The van der Waals surface area contributed by atoms with Crippen LogP contribution in [0.3, 0.4) is 0 Å².